The summed E-state index contributed by atoms with van der Waals surface area (Å²) in [5.41, 5.74) is 1.01. The van der Waals surface area contributed by atoms with Crippen molar-refractivity contribution in [2.45, 2.75) is 40.0 Å². The molecule has 0 atom stereocenters. The van der Waals surface area contributed by atoms with E-state index in [0.717, 1.165) is 34.2 Å². The second-order valence-electron chi connectivity index (χ2n) is 4.99. The minimum Gasteiger partial charge on any atom is -0.369 e. The van der Waals surface area contributed by atoms with E-state index in [-0.39, 0.29) is 0 Å². The quantitative estimate of drug-likeness (QED) is 0.809. The van der Waals surface area contributed by atoms with Gasteiger partial charge in [0.2, 0.25) is 0 Å². The van der Waals surface area contributed by atoms with Crippen molar-refractivity contribution in [1.82, 2.24) is 14.3 Å². The van der Waals surface area contributed by atoms with Gasteiger partial charge in [-0.25, -0.2) is 9.97 Å². The van der Waals surface area contributed by atoms with Crippen LogP contribution in [0.5, 0.6) is 0 Å². The summed E-state index contributed by atoms with van der Waals surface area (Å²) in [5, 5.41) is 4.48. The first-order valence-corrected chi connectivity index (χ1v) is 7.26. The lowest BCUT2D eigenvalue weighted by molar-refractivity contribution is 0.544. The smallest absolute Gasteiger partial charge is 0.149 e. The lowest BCUT2D eigenvalue weighted by Gasteiger charge is -2.07. The minimum absolute atomic E-state index is 0.791. The van der Waals surface area contributed by atoms with Crippen LogP contribution in [-0.2, 0) is 0 Å². The molecule has 0 amide bonds. The molecule has 0 aliphatic rings. The molecule has 0 radical (unpaired) electrons. The number of nitrogens with one attached hydrogen (secondary N) is 1. The predicted octanol–water partition coefficient (Wildman–Crippen LogP) is 3.63. The van der Waals surface area contributed by atoms with Crippen molar-refractivity contribution in [2.24, 2.45) is 5.92 Å². The van der Waals surface area contributed by atoms with Crippen LogP contribution < -0.4 is 5.32 Å². The van der Waals surface area contributed by atoms with E-state index in [1.54, 1.807) is 6.33 Å². The third kappa shape index (κ3) is 3.16. The van der Waals surface area contributed by atoms with Gasteiger partial charge in [0, 0.05) is 6.54 Å². The molecule has 0 spiro atoms. The summed E-state index contributed by atoms with van der Waals surface area (Å²) < 4.78 is 4.32. The standard InChI is InChI=1S/C13H20N4S/c1-9(2)6-4-5-7-14-12-11-10(3)17-18-13(11)16-8-15-12/h8-9H,4-7H2,1-3H3,(H,14,15,16). The van der Waals surface area contributed by atoms with Crippen molar-refractivity contribution in [3.05, 3.63) is 12.0 Å². The van der Waals surface area contributed by atoms with Gasteiger partial charge in [-0.05, 0) is 30.8 Å². The second kappa shape index (κ2) is 6.09. The topological polar surface area (TPSA) is 50.7 Å². The van der Waals surface area contributed by atoms with E-state index in [0.29, 0.717) is 0 Å². The highest BCUT2D eigenvalue weighted by molar-refractivity contribution is 7.13. The number of aromatic nitrogens is 3. The molecule has 2 aromatic rings. The molecule has 2 aromatic heterocycles. The fraction of sp³-hybridized carbons (Fsp3) is 0.615. The van der Waals surface area contributed by atoms with Gasteiger partial charge in [-0.2, -0.15) is 4.37 Å². The van der Waals surface area contributed by atoms with Crippen LogP contribution in [0.15, 0.2) is 6.33 Å². The van der Waals surface area contributed by atoms with Crippen molar-refractivity contribution in [3.63, 3.8) is 0 Å². The van der Waals surface area contributed by atoms with Gasteiger partial charge in [0.1, 0.15) is 17.0 Å². The first kappa shape index (κ1) is 13.2. The molecular formula is C13H20N4S. The number of nitrogens with zero attached hydrogens (tertiary/aromatic N) is 3. The van der Waals surface area contributed by atoms with Crippen LogP contribution in [-0.4, -0.2) is 20.9 Å². The zero-order valence-electron chi connectivity index (χ0n) is 11.2. The van der Waals surface area contributed by atoms with Crippen molar-refractivity contribution in [1.29, 1.82) is 0 Å². The molecule has 0 aliphatic heterocycles. The Kier molecular flexibility index (Phi) is 4.47. The van der Waals surface area contributed by atoms with E-state index in [1.807, 2.05) is 6.92 Å². The maximum atomic E-state index is 4.32. The highest BCUT2D eigenvalue weighted by Gasteiger charge is 2.09. The highest BCUT2D eigenvalue weighted by atomic mass is 32.1. The zero-order valence-corrected chi connectivity index (χ0v) is 12.0. The number of rotatable bonds is 6. The Morgan fingerprint density at radius 3 is 2.89 bits per heavy atom. The average Bonchev–Trinajstić information content (AvgIpc) is 2.71. The van der Waals surface area contributed by atoms with E-state index in [9.17, 15) is 0 Å². The van der Waals surface area contributed by atoms with Gasteiger partial charge < -0.3 is 5.32 Å². The van der Waals surface area contributed by atoms with Crippen LogP contribution >= 0.6 is 11.5 Å². The molecule has 0 bridgehead atoms. The Bertz CT molecular complexity index is 507. The van der Waals surface area contributed by atoms with Crippen LogP contribution in [0.25, 0.3) is 10.2 Å². The van der Waals surface area contributed by atoms with Crippen LogP contribution in [0.3, 0.4) is 0 Å². The van der Waals surface area contributed by atoms with E-state index in [1.165, 1.54) is 30.8 Å². The molecule has 2 rings (SSSR count). The molecular weight excluding hydrogens is 244 g/mol. The monoisotopic (exact) mass is 264 g/mol. The van der Waals surface area contributed by atoms with E-state index in [2.05, 4.69) is 33.5 Å². The molecule has 0 fully saturated rings. The number of hydrogen-bond donors (Lipinski definition) is 1. The summed E-state index contributed by atoms with van der Waals surface area (Å²) >= 11 is 1.43. The molecule has 1 N–H and O–H groups in total. The molecule has 18 heavy (non-hydrogen) atoms. The van der Waals surface area contributed by atoms with E-state index >= 15 is 0 Å². The SMILES string of the molecule is Cc1nsc2ncnc(NCCCCC(C)C)c12. The van der Waals surface area contributed by atoms with Crippen molar-refractivity contribution < 1.29 is 0 Å². The largest absolute Gasteiger partial charge is 0.369 e. The number of hydrogen-bond acceptors (Lipinski definition) is 5. The Labute approximate surface area is 112 Å². The summed E-state index contributed by atoms with van der Waals surface area (Å²) in [4.78, 5) is 9.52. The maximum Gasteiger partial charge on any atom is 0.149 e. The Morgan fingerprint density at radius 1 is 1.28 bits per heavy atom. The molecule has 0 saturated carbocycles. The normalized spacial score (nSPS) is 11.3. The highest BCUT2D eigenvalue weighted by Crippen LogP contribution is 2.25. The first-order chi connectivity index (χ1) is 8.68. The number of fused-ring (bicyclic) bond motifs is 1. The van der Waals surface area contributed by atoms with Crippen molar-refractivity contribution in [3.8, 4) is 0 Å². The molecule has 5 heteroatoms. The van der Waals surface area contributed by atoms with Crippen LogP contribution in [0.2, 0.25) is 0 Å². The Balaban J connectivity index is 1.93. The lowest BCUT2D eigenvalue weighted by Crippen LogP contribution is -2.04. The molecule has 2 heterocycles. The van der Waals surface area contributed by atoms with Crippen LogP contribution in [0, 0.1) is 12.8 Å². The summed E-state index contributed by atoms with van der Waals surface area (Å²) in [7, 11) is 0. The third-order valence-electron chi connectivity index (χ3n) is 2.94. The van der Waals surface area contributed by atoms with Gasteiger partial charge in [-0.15, -0.1) is 0 Å². The lowest BCUT2D eigenvalue weighted by atomic mass is 10.1. The van der Waals surface area contributed by atoms with Gasteiger partial charge in [-0.3, -0.25) is 0 Å². The summed E-state index contributed by atoms with van der Waals surface area (Å²) in [6.45, 7) is 7.50. The third-order valence-corrected chi connectivity index (χ3v) is 3.79. The van der Waals surface area contributed by atoms with Crippen molar-refractivity contribution in [2.75, 3.05) is 11.9 Å². The molecule has 98 valence electrons. The van der Waals surface area contributed by atoms with Crippen LogP contribution in [0.4, 0.5) is 5.82 Å². The number of aryl methyl sites for hydroxylation is 1. The molecule has 0 unspecified atom stereocenters. The molecule has 0 aliphatic carbocycles. The van der Waals surface area contributed by atoms with Crippen molar-refractivity contribution >= 4 is 27.6 Å². The molecule has 0 aromatic carbocycles. The fourth-order valence-corrected chi connectivity index (χ4v) is 2.69. The molecule has 0 saturated heterocycles. The van der Waals surface area contributed by atoms with E-state index < -0.39 is 0 Å². The Morgan fingerprint density at radius 2 is 2.11 bits per heavy atom. The molecule has 4 nitrogen and oxygen atoms in total. The number of anilines is 1. The van der Waals surface area contributed by atoms with Gasteiger partial charge >= 0.3 is 0 Å². The van der Waals surface area contributed by atoms with Gasteiger partial charge in [0.15, 0.2) is 0 Å². The van der Waals surface area contributed by atoms with Crippen LogP contribution in [0.1, 0.15) is 38.8 Å². The fourth-order valence-electron chi connectivity index (χ4n) is 1.94. The summed E-state index contributed by atoms with van der Waals surface area (Å²) in [6, 6.07) is 0. The van der Waals surface area contributed by atoms with E-state index in [4.69, 9.17) is 0 Å². The van der Waals surface area contributed by atoms with Gasteiger partial charge in [-0.1, -0.05) is 26.7 Å². The average molecular weight is 264 g/mol. The predicted molar refractivity (Wildman–Crippen MR) is 77.1 cm³/mol. The second-order valence-corrected chi connectivity index (χ2v) is 5.74. The van der Waals surface area contributed by atoms with Gasteiger partial charge in [0.05, 0.1) is 11.1 Å². The van der Waals surface area contributed by atoms with Gasteiger partial charge in [0.25, 0.3) is 0 Å². The first-order valence-electron chi connectivity index (χ1n) is 6.49. The minimum atomic E-state index is 0.791. The zero-order chi connectivity index (χ0) is 13.0. The summed E-state index contributed by atoms with van der Waals surface area (Å²) in [6.07, 6.45) is 5.34. The summed E-state index contributed by atoms with van der Waals surface area (Å²) in [5.74, 6) is 1.72. The number of unbranched alkanes of at least 4 members (excludes halogenated alkanes) is 1. The maximum absolute atomic E-state index is 4.32. The Hall–Kier alpha value is -1.23.